The summed E-state index contributed by atoms with van der Waals surface area (Å²) in [5.41, 5.74) is 5.51. The molecular formula is C9H9F3N2OS. The van der Waals surface area contributed by atoms with E-state index in [1.54, 1.807) is 0 Å². The molecule has 1 atom stereocenters. The van der Waals surface area contributed by atoms with Gasteiger partial charge >= 0.3 is 6.18 Å². The number of ether oxygens (including phenoxy) is 1. The Morgan fingerprint density at radius 1 is 1.50 bits per heavy atom. The van der Waals surface area contributed by atoms with Gasteiger partial charge in [0.2, 0.25) is 5.88 Å². The minimum atomic E-state index is -4.43. The van der Waals surface area contributed by atoms with E-state index in [0.717, 1.165) is 6.92 Å². The summed E-state index contributed by atoms with van der Waals surface area (Å²) in [6, 6.07) is 4.28. The highest BCUT2D eigenvalue weighted by atomic mass is 32.1. The molecule has 0 saturated heterocycles. The minimum absolute atomic E-state index is 0.00473. The van der Waals surface area contributed by atoms with Gasteiger partial charge in [-0.15, -0.1) is 0 Å². The molecule has 0 radical (unpaired) electrons. The number of hydrogen-bond donors (Lipinski definition) is 1. The lowest BCUT2D eigenvalue weighted by atomic mass is 10.3. The molecule has 0 fully saturated rings. The summed E-state index contributed by atoms with van der Waals surface area (Å²) in [6.07, 6.45) is -6.36. The van der Waals surface area contributed by atoms with E-state index in [-0.39, 0.29) is 16.6 Å². The van der Waals surface area contributed by atoms with Crippen molar-refractivity contribution < 1.29 is 17.9 Å². The third-order valence-corrected chi connectivity index (χ3v) is 1.94. The number of alkyl halides is 3. The Hall–Kier alpha value is -1.37. The van der Waals surface area contributed by atoms with Crippen LogP contribution in [-0.4, -0.2) is 22.3 Å². The van der Waals surface area contributed by atoms with Gasteiger partial charge in [-0.2, -0.15) is 13.2 Å². The van der Waals surface area contributed by atoms with E-state index in [9.17, 15) is 13.2 Å². The molecule has 0 amide bonds. The van der Waals surface area contributed by atoms with E-state index in [1.807, 2.05) is 0 Å². The van der Waals surface area contributed by atoms with Gasteiger partial charge in [0.05, 0.1) is 0 Å². The van der Waals surface area contributed by atoms with Gasteiger partial charge in [-0.05, 0) is 13.0 Å². The molecule has 0 aliphatic heterocycles. The first-order valence-corrected chi connectivity index (χ1v) is 4.72. The van der Waals surface area contributed by atoms with Crippen LogP contribution in [-0.2, 0) is 0 Å². The van der Waals surface area contributed by atoms with Crippen molar-refractivity contribution in [3.63, 3.8) is 0 Å². The maximum atomic E-state index is 12.2. The van der Waals surface area contributed by atoms with Gasteiger partial charge in [-0.25, -0.2) is 4.98 Å². The molecule has 0 aromatic carbocycles. The minimum Gasteiger partial charge on any atom is -0.465 e. The van der Waals surface area contributed by atoms with Crippen LogP contribution in [0.4, 0.5) is 13.2 Å². The Labute approximate surface area is 95.4 Å². The number of halogens is 3. The van der Waals surface area contributed by atoms with Crippen molar-refractivity contribution in [1.82, 2.24) is 4.98 Å². The van der Waals surface area contributed by atoms with Crippen molar-refractivity contribution in [3.05, 3.63) is 23.9 Å². The highest BCUT2D eigenvalue weighted by Crippen LogP contribution is 2.23. The normalized spacial score (nSPS) is 13.2. The predicted molar refractivity (Wildman–Crippen MR) is 56.3 cm³/mol. The second kappa shape index (κ2) is 4.65. The molecule has 88 valence electrons. The lowest BCUT2D eigenvalue weighted by Crippen LogP contribution is -2.31. The number of pyridine rings is 1. The average Bonchev–Trinajstić information content (AvgIpc) is 2.16. The van der Waals surface area contributed by atoms with Crippen LogP contribution in [0, 0.1) is 0 Å². The van der Waals surface area contributed by atoms with Crippen molar-refractivity contribution in [2.24, 2.45) is 5.73 Å². The first-order valence-electron chi connectivity index (χ1n) is 4.31. The second-order valence-electron chi connectivity index (χ2n) is 3.03. The molecule has 0 saturated carbocycles. The van der Waals surface area contributed by atoms with E-state index >= 15 is 0 Å². The van der Waals surface area contributed by atoms with Crippen molar-refractivity contribution in [2.75, 3.05) is 0 Å². The SMILES string of the molecule is CC(Oc1cccc(C(N)=S)n1)C(F)(F)F. The molecule has 1 aromatic heterocycles. The first kappa shape index (κ1) is 12.7. The number of aromatic nitrogens is 1. The summed E-state index contributed by atoms with van der Waals surface area (Å²) < 4.78 is 41.2. The molecular weight excluding hydrogens is 241 g/mol. The van der Waals surface area contributed by atoms with Crippen molar-refractivity contribution in [1.29, 1.82) is 0 Å². The lowest BCUT2D eigenvalue weighted by molar-refractivity contribution is -0.189. The Morgan fingerprint density at radius 2 is 2.12 bits per heavy atom. The quantitative estimate of drug-likeness (QED) is 0.834. The van der Waals surface area contributed by atoms with Crippen molar-refractivity contribution in [3.8, 4) is 5.88 Å². The van der Waals surface area contributed by atoms with Crippen molar-refractivity contribution >= 4 is 17.2 Å². The Kier molecular flexibility index (Phi) is 3.69. The summed E-state index contributed by atoms with van der Waals surface area (Å²) in [6.45, 7) is 0.898. The highest BCUT2D eigenvalue weighted by Gasteiger charge is 2.38. The number of nitrogens with two attached hydrogens (primary N) is 1. The Morgan fingerprint density at radius 3 is 2.62 bits per heavy atom. The largest absolute Gasteiger partial charge is 0.465 e. The van der Waals surface area contributed by atoms with Gasteiger partial charge in [0, 0.05) is 6.07 Å². The smallest absolute Gasteiger partial charge is 0.425 e. The second-order valence-corrected chi connectivity index (χ2v) is 3.47. The highest BCUT2D eigenvalue weighted by molar-refractivity contribution is 7.80. The standard InChI is InChI=1S/C9H9F3N2OS/c1-5(9(10,11)12)15-7-4-2-3-6(14-7)8(13)16/h2-5H,1H3,(H2,13,16). The maximum absolute atomic E-state index is 12.2. The molecule has 1 unspecified atom stereocenters. The van der Waals surface area contributed by atoms with E-state index in [1.165, 1.54) is 18.2 Å². The summed E-state index contributed by atoms with van der Waals surface area (Å²) in [5.74, 6) is -0.157. The van der Waals surface area contributed by atoms with Crippen molar-refractivity contribution in [2.45, 2.75) is 19.2 Å². The molecule has 1 aromatic rings. The lowest BCUT2D eigenvalue weighted by Gasteiger charge is -2.16. The molecule has 3 nitrogen and oxygen atoms in total. The molecule has 7 heteroatoms. The number of nitrogens with zero attached hydrogens (tertiary/aromatic N) is 1. The van der Waals surface area contributed by atoms with Crippen LogP contribution in [0.2, 0.25) is 0 Å². The van der Waals surface area contributed by atoms with Gasteiger partial charge in [-0.3, -0.25) is 0 Å². The summed E-state index contributed by atoms with van der Waals surface area (Å²) in [7, 11) is 0. The molecule has 2 N–H and O–H groups in total. The van der Waals surface area contributed by atoms with Gasteiger partial charge < -0.3 is 10.5 Å². The molecule has 0 spiro atoms. The monoisotopic (exact) mass is 250 g/mol. The van der Waals surface area contributed by atoms with Gasteiger partial charge in [0.15, 0.2) is 6.10 Å². The molecule has 0 aliphatic rings. The van der Waals surface area contributed by atoms with Crippen LogP contribution >= 0.6 is 12.2 Å². The fourth-order valence-corrected chi connectivity index (χ4v) is 0.979. The fraction of sp³-hybridized carbons (Fsp3) is 0.333. The molecule has 0 bridgehead atoms. The molecule has 1 rings (SSSR count). The van der Waals surface area contributed by atoms with Crippen LogP contribution in [0.1, 0.15) is 12.6 Å². The zero-order valence-electron chi connectivity index (χ0n) is 8.28. The summed E-state index contributed by atoms with van der Waals surface area (Å²) >= 11 is 4.65. The average molecular weight is 250 g/mol. The van der Waals surface area contributed by atoms with E-state index in [4.69, 9.17) is 5.73 Å². The van der Waals surface area contributed by atoms with Crippen LogP contribution < -0.4 is 10.5 Å². The molecule has 0 aliphatic carbocycles. The Bertz CT molecular complexity index is 395. The number of thiocarbonyl (C=S) groups is 1. The zero-order chi connectivity index (χ0) is 12.3. The van der Waals surface area contributed by atoms with E-state index in [0.29, 0.717) is 0 Å². The number of rotatable bonds is 3. The Balaban J connectivity index is 2.82. The fourth-order valence-electron chi connectivity index (χ4n) is 0.866. The third-order valence-electron chi connectivity index (χ3n) is 1.73. The van der Waals surface area contributed by atoms with E-state index in [2.05, 4.69) is 21.9 Å². The number of hydrogen-bond acceptors (Lipinski definition) is 3. The first-order chi connectivity index (χ1) is 7.30. The van der Waals surface area contributed by atoms with Crippen LogP contribution in [0.15, 0.2) is 18.2 Å². The van der Waals surface area contributed by atoms with Crippen LogP contribution in [0.25, 0.3) is 0 Å². The molecule has 16 heavy (non-hydrogen) atoms. The van der Waals surface area contributed by atoms with E-state index < -0.39 is 12.3 Å². The van der Waals surface area contributed by atoms with Crippen LogP contribution in [0.5, 0.6) is 5.88 Å². The van der Waals surface area contributed by atoms with Gasteiger partial charge in [0.25, 0.3) is 0 Å². The maximum Gasteiger partial charge on any atom is 0.425 e. The predicted octanol–water partition coefficient (Wildman–Crippen LogP) is 2.05. The summed E-state index contributed by atoms with van der Waals surface area (Å²) in [4.78, 5) is 3.74. The van der Waals surface area contributed by atoms with Crippen LogP contribution in [0.3, 0.4) is 0 Å². The zero-order valence-corrected chi connectivity index (χ0v) is 9.10. The van der Waals surface area contributed by atoms with Gasteiger partial charge in [-0.1, -0.05) is 18.3 Å². The molecule has 1 heterocycles. The topological polar surface area (TPSA) is 48.1 Å². The van der Waals surface area contributed by atoms with Gasteiger partial charge in [0.1, 0.15) is 10.7 Å². The summed E-state index contributed by atoms with van der Waals surface area (Å²) in [5, 5.41) is 0. The third kappa shape index (κ3) is 3.34.